The van der Waals surface area contributed by atoms with Crippen molar-refractivity contribution in [3.05, 3.63) is 62.2 Å². The second-order valence-corrected chi connectivity index (χ2v) is 11.2. The number of sulfone groups is 1. The number of nitro benzene ring substituents is 1. The first-order valence-electron chi connectivity index (χ1n) is 11.0. The van der Waals surface area contributed by atoms with E-state index in [0.29, 0.717) is 17.7 Å². The van der Waals surface area contributed by atoms with Crippen LogP contribution < -0.4 is 4.74 Å². The molecule has 0 spiro atoms. The molecule has 0 amide bonds. The molecule has 12 heteroatoms. The summed E-state index contributed by atoms with van der Waals surface area (Å²) in [7, 11) is -3.65. The summed E-state index contributed by atoms with van der Waals surface area (Å²) in [6, 6.07) is 6.83. The van der Waals surface area contributed by atoms with Crippen molar-refractivity contribution in [2.24, 2.45) is 0 Å². The summed E-state index contributed by atoms with van der Waals surface area (Å²) in [6.45, 7) is 3.15. The SMILES string of the molecule is Cc1cc(C#N)cc([N+](=O)[O-])c1CCC(O)(CC(C)c1cc(S(C)(=O)=O)cc2c1OCC2)C(F)(F)F. The van der Waals surface area contributed by atoms with Crippen molar-refractivity contribution in [1.29, 1.82) is 5.26 Å². The van der Waals surface area contributed by atoms with Crippen LogP contribution >= 0.6 is 0 Å². The Balaban J connectivity index is 1.98. The largest absolute Gasteiger partial charge is 0.493 e. The van der Waals surface area contributed by atoms with Gasteiger partial charge in [-0.25, -0.2) is 8.42 Å². The van der Waals surface area contributed by atoms with Gasteiger partial charge in [-0.05, 0) is 67.0 Å². The predicted octanol–water partition coefficient (Wildman–Crippen LogP) is 4.53. The van der Waals surface area contributed by atoms with E-state index in [2.05, 4.69) is 0 Å². The Hall–Kier alpha value is -3.17. The lowest BCUT2D eigenvalue weighted by Gasteiger charge is -2.33. The number of halogens is 3. The fourth-order valence-corrected chi connectivity index (χ4v) is 5.24. The van der Waals surface area contributed by atoms with Crippen LogP contribution in [-0.2, 0) is 22.7 Å². The number of rotatable bonds is 8. The van der Waals surface area contributed by atoms with Crippen LogP contribution in [0.15, 0.2) is 29.2 Å². The van der Waals surface area contributed by atoms with Gasteiger partial charge >= 0.3 is 6.18 Å². The number of alkyl halides is 3. The van der Waals surface area contributed by atoms with Crippen LogP contribution in [0.3, 0.4) is 0 Å². The van der Waals surface area contributed by atoms with Crippen LogP contribution in [0.25, 0.3) is 0 Å². The summed E-state index contributed by atoms with van der Waals surface area (Å²) in [5, 5.41) is 31.4. The number of ether oxygens (including phenoxy) is 1. The average molecular weight is 527 g/mol. The number of nitrogens with zero attached hydrogens (tertiary/aromatic N) is 2. The van der Waals surface area contributed by atoms with Gasteiger partial charge < -0.3 is 9.84 Å². The smallest absolute Gasteiger partial charge is 0.417 e. The van der Waals surface area contributed by atoms with Crippen molar-refractivity contribution in [3.8, 4) is 11.8 Å². The Labute approximate surface area is 206 Å². The molecule has 8 nitrogen and oxygen atoms in total. The van der Waals surface area contributed by atoms with Gasteiger partial charge in [0.1, 0.15) is 5.75 Å². The minimum Gasteiger partial charge on any atom is -0.493 e. The van der Waals surface area contributed by atoms with Crippen molar-refractivity contribution in [2.45, 2.75) is 62.1 Å². The maximum absolute atomic E-state index is 14.2. The molecule has 1 heterocycles. The summed E-state index contributed by atoms with van der Waals surface area (Å²) in [4.78, 5) is 10.7. The Morgan fingerprint density at radius 1 is 1.28 bits per heavy atom. The molecule has 0 radical (unpaired) electrons. The van der Waals surface area contributed by atoms with E-state index in [1.165, 1.54) is 32.0 Å². The summed E-state index contributed by atoms with van der Waals surface area (Å²) in [5.74, 6) is -0.639. The van der Waals surface area contributed by atoms with Crippen molar-refractivity contribution < 1.29 is 36.4 Å². The third kappa shape index (κ3) is 5.47. The van der Waals surface area contributed by atoms with E-state index in [1.54, 1.807) is 6.07 Å². The zero-order chi connectivity index (χ0) is 27.1. The minimum absolute atomic E-state index is 0.00210. The van der Waals surface area contributed by atoms with E-state index in [-0.39, 0.29) is 33.8 Å². The monoisotopic (exact) mass is 526 g/mol. The first-order valence-corrected chi connectivity index (χ1v) is 12.9. The molecule has 0 saturated carbocycles. The Kier molecular flexibility index (Phi) is 7.39. The molecule has 2 aromatic carbocycles. The molecule has 0 fully saturated rings. The Morgan fingerprint density at radius 2 is 1.94 bits per heavy atom. The zero-order valence-corrected chi connectivity index (χ0v) is 20.7. The van der Waals surface area contributed by atoms with Gasteiger partial charge in [-0.1, -0.05) is 6.92 Å². The number of aryl methyl sites for hydroxylation is 1. The van der Waals surface area contributed by atoms with E-state index in [4.69, 9.17) is 10.00 Å². The highest BCUT2D eigenvalue weighted by atomic mass is 32.2. The number of nitriles is 1. The first-order chi connectivity index (χ1) is 16.6. The third-order valence-electron chi connectivity index (χ3n) is 6.48. The molecule has 0 bridgehead atoms. The molecule has 2 aromatic rings. The highest BCUT2D eigenvalue weighted by molar-refractivity contribution is 7.90. The number of fused-ring (bicyclic) bond motifs is 1. The maximum atomic E-state index is 14.2. The van der Waals surface area contributed by atoms with Crippen LogP contribution in [0.2, 0.25) is 0 Å². The number of hydrogen-bond acceptors (Lipinski definition) is 7. The summed E-state index contributed by atoms with van der Waals surface area (Å²) >= 11 is 0. The maximum Gasteiger partial charge on any atom is 0.417 e. The van der Waals surface area contributed by atoms with Crippen LogP contribution in [0.5, 0.6) is 5.75 Å². The minimum atomic E-state index is -5.07. The van der Waals surface area contributed by atoms with E-state index < -0.39 is 57.4 Å². The van der Waals surface area contributed by atoms with E-state index in [1.807, 2.05) is 0 Å². The molecular weight excluding hydrogens is 501 g/mol. The van der Waals surface area contributed by atoms with Gasteiger partial charge in [-0.2, -0.15) is 18.4 Å². The van der Waals surface area contributed by atoms with E-state index >= 15 is 0 Å². The van der Waals surface area contributed by atoms with Gasteiger partial charge in [-0.3, -0.25) is 10.1 Å². The summed E-state index contributed by atoms with van der Waals surface area (Å²) in [5.41, 5.74) is -2.64. The molecular formula is C24H25F3N2O6S. The molecule has 0 aromatic heterocycles. The number of nitro groups is 1. The van der Waals surface area contributed by atoms with Crippen molar-refractivity contribution in [2.75, 3.05) is 12.9 Å². The van der Waals surface area contributed by atoms with Crippen molar-refractivity contribution >= 4 is 15.5 Å². The third-order valence-corrected chi connectivity index (χ3v) is 7.57. The Bertz CT molecular complexity index is 1350. The quantitative estimate of drug-likeness (QED) is 0.395. The molecule has 0 aliphatic carbocycles. The number of hydrogen-bond donors (Lipinski definition) is 1. The zero-order valence-electron chi connectivity index (χ0n) is 19.8. The van der Waals surface area contributed by atoms with Gasteiger partial charge in [0, 0.05) is 24.3 Å². The summed E-state index contributed by atoms with van der Waals surface area (Å²) in [6.07, 6.45) is -5.82. The molecule has 3 rings (SSSR count). The molecule has 2 unspecified atom stereocenters. The summed E-state index contributed by atoms with van der Waals surface area (Å²) < 4.78 is 72.3. The van der Waals surface area contributed by atoms with Crippen molar-refractivity contribution in [3.63, 3.8) is 0 Å². The fraction of sp³-hybridized carbons (Fsp3) is 0.458. The van der Waals surface area contributed by atoms with Gasteiger partial charge in [0.25, 0.3) is 5.69 Å². The van der Waals surface area contributed by atoms with Gasteiger partial charge in [0.2, 0.25) is 0 Å². The lowest BCUT2D eigenvalue weighted by atomic mass is 9.81. The van der Waals surface area contributed by atoms with E-state index in [0.717, 1.165) is 12.3 Å². The second kappa shape index (κ2) is 9.71. The highest BCUT2D eigenvalue weighted by Gasteiger charge is 2.54. The van der Waals surface area contributed by atoms with E-state index in [9.17, 15) is 36.8 Å². The lowest BCUT2D eigenvalue weighted by Crippen LogP contribution is -2.46. The van der Waals surface area contributed by atoms with Gasteiger partial charge in [0.15, 0.2) is 15.4 Å². The second-order valence-electron chi connectivity index (χ2n) is 9.17. The highest BCUT2D eigenvalue weighted by Crippen LogP contribution is 2.45. The molecule has 2 atom stereocenters. The van der Waals surface area contributed by atoms with Crippen LogP contribution in [0, 0.1) is 28.4 Å². The molecule has 1 aliphatic rings. The molecule has 1 aliphatic heterocycles. The molecule has 36 heavy (non-hydrogen) atoms. The lowest BCUT2D eigenvalue weighted by molar-refractivity contribution is -0.385. The normalized spacial score (nSPS) is 15.9. The van der Waals surface area contributed by atoms with Crippen LogP contribution in [0.4, 0.5) is 18.9 Å². The first kappa shape index (κ1) is 27.4. The number of benzene rings is 2. The van der Waals surface area contributed by atoms with Gasteiger partial charge in [-0.15, -0.1) is 0 Å². The topological polar surface area (TPSA) is 131 Å². The predicted molar refractivity (Wildman–Crippen MR) is 124 cm³/mol. The molecule has 0 saturated heterocycles. The fourth-order valence-electron chi connectivity index (χ4n) is 4.55. The average Bonchev–Trinajstić information content (AvgIpc) is 3.24. The number of aliphatic hydroxyl groups is 1. The molecule has 1 N–H and O–H groups in total. The molecule has 194 valence electrons. The van der Waals surface area contributed by atoms with Crippen LogP contribution in [-0.4, -0.2) is 43.1 Å². The van der Waals surface area contributed by atoms with Gasteiger partial charge in [0.05, 0.1) is 28.1 Å². The standard InChI is InChI=1S/C24H25F3N2O6S/c1-14-8-16(13-28)9-21(29(31)32)19(14)4-6-23(30,24(25,26)27)12-15(2)20-11-18(36(3,33)34)10-17-5-7-35-22(17)20/h8-11,15,30H,4-7,12H2,1-3H3. The Morgan fingerprint density at radius 3 is 2.50 bits per heavy atom. The van der Waals surface area contributed by atoms with Crippen LogP contribution in [0.1, 0.15) is 53.5 Å². The van der Waals surface area contributed by atoms with Crippen molar-refractivity contribution in [1.82, 2.24) is 0 Å².